The van der Waals surface area contributed by atoms with Gasteiger partial charge in [-0.05, 0) is 13.0 Å². The molecular formula is C12H28NOP. The second-order valence-electron chi connectivity index (χ2n) is 3.88. The van der Waals surface area contributed by atoms with E-state index < -0.39 is 0 Å². The molecule has 0 aromatic rings. The van der Waals surface area contributed by atoms with Gasteiger partial charge in [-0.25, -0.2) is 0 Å². The van der Waals surface area contributed by atoms with Crippen molar-refractivity contribution in [1.82, 2.24) is 4.67 Å². The Bertz CT molecular complexity index is 160. The number of hydrogen-bond donors (Lipinski definition) is 0. The molecular weight excluding hydrogens is 205 g/mol. The van der Waals surface area contributed by atoms with E-state index in [1.165, 1.54) is 0 Å². The Balaban J connectivity index is 0. The molecule has 0 bridgehead atoms. The highest BCUT2D eigenvalue weighted by Gasteiger charge is 2.16. The van der Waals surface area contributed by atoms with Crippen molar-refractivity contribution in [2.75, 3.05) is 13.1 Å². The van der Waals surface area contributed by atoms with Crippen LogP contribution >= 0.6 is 9.39 Å². The summed E-state index contributed by atoms with van der Waals surface area (Å²) in [5.74, 6) is 0.763. The molecule has 2 nitrogen and oxygen atoms in total. The third kappa shape index (κ3) is 9.02. The number of carbonyl (C=O) groups is 1. The maximum atomic E-state index is 11.5. The van der Waals surface area contributed by atoms with Crippen LogP contribution in [0, 0.1) is 11.8 Å². The van der Waals surface area contributed by atoms with Crippen LogP contribution in [0.2, 0.25) is 0 Å². The molecule has 0 aliphatic carbocycles. The standard InChI is InChI=1S/C10H22NOP.C2H6/c1-5-11(13)7-6-9(4)10(12)8(2)3;1-2/h8-9H,5-7,13H2,1-4H3;1-2H3. The van der Waals surface area contributed by atoms with E-state index in [0.717, 1.165) is 19.5 Å². The first kappa shape index (κ1) is 17.5. The van der Waals surface area contributed by atoms with Gasteiger partial charge >= 0.3 is 0 Å². The zero-order chi connectivity index (χ0) is 12.4. The Morgan fingerprint density at radius 3 is 2.07 bits per heavy atom. The van der Waals surface area contributed by atoms with Crippen molar-refractivity contribution >= 4 is 15.2 Å². The van der Waals surface area contributed by atoms with Crippen LogP contribution < -0.4 is 0 Å². The first-order chi connectivity index (χ1) is 6.99. The smallest absolute Gasteiger partial charge is 0.138 e. The summed E-state index contributed by atoms with van der Waals surface area (Å²) < 4.78 is 2.16. The van der Waals surface area contributed by atoms with E-state index in [1.807, 2.05) is 34.6 Å². The summed E-state index contributed by atoms with van der Waals surface area (Å²) in [7, 11) is 2.68. The van der Waals surface area contributed by atoms with Crippen LogP contribution in [0.5, 0.6) is 0 Å². The van der Waals surface area contributed by atoms with Crippen LogP contribution in [0.4, 0.5) is 0 Å². The largest absolute Gasteiger partial charge is 0.299 e. The van der Waals surface area contributed by atoms with Gasteiger partial charge in [0.15, 0.2) is 0 Å². The van der Waals surface area contributed by atoms with Crippen molar-refractivity contribution in [1.29, 1.82) is 0 Å². The Hall–Kier alpha value is 0.0600. The molecule has 2 unspecified atom stereocenters. The molecule has 0 N–H and O–H groups in total. The summed E-state index contributed by atoms with van der Waals surface area (Å²) in [5, 5.41) is 0. The third-order valence-corrected chi connectivity index (χ3v) is 2.93. The normalized spacial score (nSPS) is 12.3. The lowest BCUT2D eigenvalue weighted by molar-refractivity contribution is -0.125. The van der Waals surface area contributed by atoms with Crippen LogP contribution in [0.15, 0.2) is 0 Å². The van der Waals surface area contributed by atoms with Crippen LogP contribution in [0.25, 0.3) is 0 Å². The SMILES string of the molecule is CC.CCN(P)CCC(C)C(=O)C(C)C. The van der Waals surface area contributed by atoms with Crippen molar-refractivity contribution in [2.45, 2.75) is 48.0 Å². The highest BCUT2D eigenvalue weighted by Crippen LogP contribution is 2.12. The molecule has 0 radical (unpaired) electrons. The van der Waals surface area contributed by atoms with Crippen molar-refractivity contribution in [2.24, 2.45) is 11.8 Å². The Labute approximate surface area is 98.1 Å². The molecule has 3 heteroatoms. The minimum Gasteiger partial charge on any atom is -0.299 e. The number of carbonyl (C=O) groups excluding carboxylic acids is 1. The van der Waals surface area contributed by atoms with Gasteiger partial charge in [0.25, 0.3) is 0 Å². The van der Waals surface area contributed by atoms with E-state index in [4.69, 9.17) is 0 Å². The van der Waals surface area contributed by atoms with Crippen molar-refractivity contribution < 1.29 is 4.79 Å². The average Bonchev–Trinajstić information content (AvgIpc) is 2.26. The molecule has 0 saturated heterocycles. The van der Waals surface area contributed by atoms with Gasteiger partial charge in [-0.2, -0.15) is 0 Å². The highest BCUT2D eigenvalue weighted by molar-refractivity contribution is 7.13. The minimum atomic E-state index is 0.176. The molecule has 0 rings (SSSR count). The van der Waals surface area contributed by atoms with Crippen LogP contribution in [0.3, 0.4) is 0 Å². The third-order valence-electron chi connectivity index (χ3n) is 2.31. The Morgan fingerprint density at radius 2 is 1.73 bits per heavy atom. The van der Waals surface area contributed by atoms with Crippen molar-refractivity contribution in [3.63, 3.8) is 0 Å². The van der Waals surface area contributed by atoms with Gasteiger partial charge in [-0.3, -0.25) is 9.46 Å². The molecule has 0 aliphatic heterocycles. The van der Waals surface area contributed by atoms with Crippen LogP contribution in [-0.2, 0) is 4.79 Å². The molecule has 0 amide bonds. The summed E-state index contributed by atoms with van der Waals surface area (Å²) in [5.41, 5.74) is 0. The minimum absolute atomic E-state index is 0.176. The van der Waals surface area contributed by atoms with Gasteiger partial charge in [0.1, 0.15) is 5.78 Å². The van der Waals surface area contributed by atoms with E-state index in [0.29, 0.717) is 5.78 Å². The van der Waals surface area contributed by atoms with Gasteiger partial charge in [0, 0.05) is 18.4 Å². The van der Waals surface area contributed by atoms with Crippen molar-refractivity contribution in [3.8, 4) is 0 Å². The average molecular weight is 233 g/mol. The predicted octanol–water partition coefficient (Wildman–Crippen LogP) is 3.38. The zero-order valence-corrected chi connectivity index (χ0v) is 12.4. The Kier molecular flexibility index (Phi) is 12.3. The van der Waals surface area contributed by atoms with Gasteiger partial charge in [0.05, 0.1) is 0 Å². The number of hydrogen-bond acceptors (Lipinski definition) is 2. The fourth-order valence-electron chi connectivity index (χ4n) is 1.23. The van der Waals surface area contributed by atoms with Crippen LogP contribution in [-0.4, -0.2) is 23.5 Å². The van der Waals surface area contributed by atoms with E-state index in [-0.39, 0.29) is 11.8 Å². The molecule has 0 aliphatic rings. The zero-order valence-electron chi connectivity index (χ0n) is 11.2. The van der Waals surface area contributed by atoms with E-state index in [9.17, 15) is 4.79 Å². The molecule has 15 heavy (non-hydrogen) atoms. The molecule has 0 aromatic heterocycles. The number of ketones is 1. The number of nitrogens with zero attached hydrogens (tertiary/aromatic N) is 1. The lowest BCUT2D eigenvalue weighted by Gasteiger charge is -2.17. The first-order valence-electron chi connectivity index (χ1n) is 6.02. The molecule has 92 valence electrons. The molecule has 0 heterocycles. The monoisotopic (exact) mass is 233 g/mol. The lowest BCUT2D eigenvalue weighted by atomic mass is 9.94. The van der Waals surface area contributed by atoms with Gasteiger partial charge < -0.3 is 0 Å². The second-order valence-corrected chi connectivity index (χ2v) is 4.61. The predicted molar refractivity (Wildman–Crippen MR) is 71.9 cm³/mol. The van der Waals surface area contributed by atoms with Gasteiger partial charge in [0.2, 0.25) is 0 Å². The summed E-state index contributed by atoms with van der Waals surface area (Å²) in [6.45, 7) is 14.1. The Morgan fingerprint density at radius 1 is 1.27 bits per heavy atom. The fourth-order valence-corrected chi connectivity index (χ4v) is 1.38. The summed E-state index contributed by atoms with van der Waals surface area (Å²) in [6.07, 6.45) is 0.967. The van der Waals surface area contributed by atoms with Crippen molar-refractivity contribution in [3.05, 3.63) is 0 Å². The van der Waals surface area contributed by atoms with Crippen LogP contribution in [0.1, 0.15) is 48.0 Å². The van der Waals surface area contributed by atoms with Gasteiger partial charge in [-0.15, -0.1) is 0 Å². The quantitative estimate of drug-likeness (QED) is 0.655. The molecule has 0 spiro atoms. The second kappa shape index (κ2) is 10.6. The molecule has 0 saturated carbocycles. The van der Waals surface area contributed by atoms with E-state index in [1.54, 1.807) is 0 Å². The highest BCUT2D eigenvalue weighted by atomic mass is 31.0. The molecule has 0 aromatic carbocycles. The first-order valence-corrected chi connectivity index (χ1v) is 6.54. The summed E-state index contributed by atoms with van der Waals surface area (Å²) in [4.78, 5) is 11.5. The number of Topliss-reactive ketones (excluding diaryl/α,β-unsaturated/α-hetero) is 1. The van der Waals surface area contributed by atoms with E-state index in [2.05, 4.69) is 21.0 Å². The summed E-state index contributed by atoms with van der Waals surface area (Å²) in [6, 6.07) is 0. The maximum absolute atomic E-state index is 11.5. The topological polar surface area (TPSA) is 20.3 Å². The molecule has 2 atom stereocenters. The van der Waals surface area contributed by atoms with Gasteiger partial charge in [-0.1, -0.05) is 50.9 Å². The molecule has 0 fully saturated rings. The fraction of sp³-hybridized carbons (Fsp3) is 0.917. The summed E-state index contributed by atoms with van der Waals surface area (Å²) >= 11 is 0. The maximum Gasteiger partial charge on any atom is 0.138 e. The number of rotatable bonds is 6. The lowest BCUT2D eigenvalue weighted by Crippen LogP contribution is -2.22. The van der Waals surface area contributed by atoms with E-state index >= 15 is 0 Å².